The van der Waals surface area contributed by atoms with Gasteiger partial charge in [-0.25, -0.2) is 9.97 Å². The van der Waals surface area contributed by atoms with Gasteiger partial charge in [-0.15, -0.1) is 0 Å². The second kappa shape index (κ2) is 4.43. The molecule has 0 bridgehead atoms. The van der Waals surface area contributed by atoms with E-state index < -0.39 is 0 Å². The summed E-state index contributed by atoms with van der Waals surface area (Å²) < 4.78 is 5.19. The van der Waals surface area contributed by atoms with Crippen LogP contribution in [-0.4, -0.2) is 26.7 Å². The molecular formula is C13H17N5O2. The summed E-state index contributed by atoms with van der Waals surface area (Å²) in [6.07, 6.45) is 2.17. The smallest absolute Gasteiger partial charge is 0.283 e. The van der Waals surface area contributed by atoms with Crippen molar-refractivity contribution in [3.8, 4) is 0 Å². The summed E-state index contributed by atoms with van der Waals surface area (Å²) in [5.41, 5.74) is 0.469. The van der Waals surface area contributed by atoms with Crippen molar-refractivity contribution in [3.63, 3.8) is 0 Å². The lowest BCUT2D eigenvalue weighted by Gasteiger charge is -2.26. The first-order valence-corrected chi connectivity index (χ1v) is 6.59. The summed E-state index contributed by atoms with van der Waals surface area (Å²) in [6, 6.07) is 0. The quantitative estimate of drug-likeness (QED) is 0.835. The average molecular weight is 275 g/mol. The van der Waals surface area contributed by atoms with E-state index in [-0.39, 0.29) is 11.0 Å². The highest BCUT2D eigenvalue weighted by Gasteiger charge is 2.25. The number of rotatable bonds is 1. The van der Waals surface area contributed by atoms with Crippen LogP contribution in [-0.2, 0) is 18.4 Å². The van der Waals surface area contributed by atoms with Crippen LogP contribution < -0.4 is 10.5 Å². The van der Waals surface area contributed by atoms with Gasteiger partial charge in [0.2, 0.25) is 5.95 Å². The van der Waals surface area contributed by atoms with Crippen LogP contribution >= 0.6 is 0 Å². The summed E-state index contributed by atoms with van der Waals surface area (Å²) in [7, 11) is 0. The standard InChI is InChI=1S/C13H17N5O2/c1-13(2,3)11-14-7-15-12(16-11)18-5-4-8-9(6-18)20-17-10(8)19/h7H,4-6H2,1-3H3,(H,17,19). The Kier molecular flexibility index (Phi) is 2.84. The minimum atomic E-state index is -0.134. The molecule has 7 nitrogen and oxygen atoms in total. The van der Waals surface area contributed by atoms with Crippen LogP contribution in [0.5, 0.6) is 0 Å². The van der Waals surface area contributed by atoms with Gasteiger partial charge in [0.25, 0.3) is 5.56 Å². The van der Waals surface area contributed by atoms with Crippen LogP contribution in [0.25, 0.3) is 0 Å². The van der Waals surface area contributed by atoms with Crippen molar-refractivity contribution in [3.05, 3.63) is 33.8 Å². The van der Waals surface area contributed by atoms with Gasteiger partial charge in [-0.05, 0) is 6.42 Å². The van der Waals surface area contributed by atoms with Crippen molar-refractivity contribution >= 4 is 5.95 Å². The summed E-state index contributed by atoms with van der Waals surface area (Å²) in [5, 5.41) is 2.38. The second-order valence-corrected chi connectivity index (χ2v) is 5.97. The second-order valence-electron chi connectivity index (χ2n) is 5.97. The number of aromatic nitrogens is 4. The average Bonchev–Trinajstić information content (AvgIpc) is 2.79. The van der Waals surface area contributed by atoms with Crippen LogP contribution in [0.2, 0.25) is 0 Å². The number of nitrogens with one attached hydrogen (secondary N) is 1. The molecule has 0 radical (unpaired) electrons. The Labute approximate surface area is 116 Å². The molecule has 2 aromatic rings. The third-order valence-corrected chi connectivity index (χ3v) is 3.36. The SMILES string of the molecule is CC(C)(C)c1ncnc(N2CCc3c(o[nH]c3=O)C2)n1. The first-order chi connectivity index (χ1) is 9.45. The third kappa shape index (κ3) is 2.19. The zero-order chi connectivity index (χ0) is 14.3. The van der Waals surface area contributed by atoms with E-state index in [9.17, 15) is 4.79 Å². The van der Waals surface area contributed by atoms with Crippen molar-refractivity contribution in [1.82, 2.24) is 20.1 Å². The molecule has 0 aromatic carbocycles. The van der Waals surface area contributed by atoms with E-state index in [4.69, 9.17) is 4.52 Å². The maximum atomic E-state index is 11.5. The van der Waals surface area contributed by atoms with E-state index in [1.165, 1.54) is 6.33 Å². The predicted molar refractivity (Wildman–Crippen MR) is 72.6 cm³/mol. The van der Waals surface area contributed by atoms with Crippen molar-refractivity contribution in [2.75, 3.05) is 11.4 Å². The molecule has 0 unspecified atom stereocenters. The first kappa shape index (κ1) is 12.8. The van der Waals surface area contributed by atoms with Gasteiger partial charge in [-0.3, -0.25) is 4.79 Å². The number of anilines is 1. The van der Waals surface area contributed by atoms with Gasteiger partial charge >= 0.3 is 0 Å². The normalized spacial score (nSPS) is 15.2. The molecule has 3 rings (SSSR count). The number of hydrogen-bond acceptors (Lipinski definition) is 6. The molecule has 1 N–H and O–H groups in total. The molecule has 0 atom stereocenters. The molecule has 2 aromatic heterocycles. The monoisotopic (exact) mass is 275 g/mol. The minimum Gasteiger partial charge on any atom is -0.381 e. The highest BCUT2D eigenvalue weighted by molar-refractivity contribution is 5.35. The lowest BCUT2D eigenvalue weighted by Crippen LogP contribution is -2.33. The zero-order valence-corrected chi connectivity index (χ0v) is 11.8. The first-order valence-electron chi connectivity index (χ1n) is 6.59. The molecule has 0 aliphatic carbocycles. The Morgan fingerprint density at radius 1 is 1.35 bits per heavy atom. The molecule has 3 heterocycles. The number of nitrogens with zero attached hydrogens (tertiary/aromatic N) is 4. The van der Waals surface area contributed by atoms with Gasteiger partial charge in [-0.1, -0.05) is 20.8 Å². The van der Waals surface area contributed by atoms with E-state index in [1.807, 2.05) is 4.90 Å². The van der Waals surface area contributed by atoms with Crippen LogP contribution in [0.3, 0.4) is 0 Å². The molecule has 7 heteroatoms. The topological polar surface area (TPSA) is 87.9 Å². The Morgan fingerprint density at radius 3 is 2.90 bits per heavy atom. The Balaban J connectivity index is 1.90. The summed E-state index contributed by atoms with van der Waals surface area (Å²) in [6.45, 7) is 7.38. The number of H-pyrrole nitrogens is 1. The van der Waals surface area contributed by atoms with Crippen molar-refractivity contribution in [2.24, 2.45) is 0 Å². The van der Waals surface area contributed by atoms with Gasteiger partial charge in [0.1, 0.15) is 12.2 Å². The lowest BCUT2D eigenvalue weighted by molar-refractivity contribution is 0.370. The molecule has 106 valence electrons. The maximum Gasteiger partial charge on any atom is 0.283 e. The molecule has 0 amide bonds. The van der Waals surface area contributed by atoms with Crippen LogP contribution in [0.4, 0.5) is 5.95 Å². The Morgan fingerprint density at radius 2 is 2.15 bits per heavy atom. The van der Waals surface area contributed by atoms with Crippen LogP contribution in [0.1, 0.15) is 37.9 Å². The van der Waals surface area contributed by atoms with Crippen LogP contribution in [0, 0.1) is 0 Å². The minimum absolute atomic E-state index is 0.126. The fourth-order valence-electron chi connectivity index (χ4n) is 2.21. The largest absolute Gasteiger partial charge is 0.381 e. The van der Waals surface area contributed by atoms with Gasteiger partial charge in [-0.2, -0.15) is 10.1 Å². The van der Waals surface area contributed by atoms with Crippen molar-refractivity contribution < 1.29 is 4.52 Å². The van der Waals surface area contributed by atoms with E-state index >= 15 is 0 Å². The molecule has 0 fully saturated rings. The summed E-state index contributed by atoms with van der Waals surface area (Å²) in [4.78, 5) is 26.5. The van der Waals surface area contributed by atoms with E-state index in [0.717, 1.165) is 11.4 Å². The lowest BCUT2D eigenvalue weighted by atomic mass is 9.96. The molecule has 20 heavy (non-hydrogen) atoms. The van der Waals surface area contributed by atoms with E-state index in [0.29, 0.717) is 31.2 Å². The zero-order valence-electron chi connectivity index (χ0n) is 11.8. The molecule has 0 spiro atoms. The van der Waals surface area contributed by atoms with Gasteiger partial charge in [0.05, 0.1) is 12.1 Å². The number of fused-ring (bicyclic) bond motifs is 1. The fraction of sp³-hybridized carbons (Fsp3) is 0.538. The molecule has 1 aliphatic rings. The van der Waals surface area contributed by atoms with Gasteiger partial charge in [0.15, 0.2) is 5.76 Å². The highest BCUT2D eigenvalue weighted by Crippen LogP contribution is 2.22. The summed E-state index contributed by atoms with van der Waals surface area (Å²) in [5.74, 6) is 2.04. The van der Waals surface area contributed by atoms with Gasteiger partial charge < -0.3 is 9.42 Å². The summed E-state index contributed by atoms with van der Waals surface area (Å²) >= 11 is 0. The molecule has 0 saturated heterocycles. The molecular weight excluding hydrogens is 258 g/mol. The number of aromatic amines is 1. The fourth-order valence-corrected chi connectivity index (χ4v) is 2.21. The highest BCUT2D eigenvalue weighted by atomic mass is 16.5. The van der Waals surface area contributed by atoms with E-state index in [1.54, 1.807) is 0 Å². The molecule has 0 saturated carbocycles. The Hall–Kier alpha value is -2.18. The van der Waals surface area contributed by atoms with E-state index in [2.05, 4.69) is 40.9 Å². The van der Waals surface area contributed by atoms with Crippen LogP contribution in [0.15, 0.2) is 15.6 Å². The van der Waals surface area contributed by atoms with Crippen molar-refractivity contribution in [2.45, 2.75) is 39.2 Å². The van der Waals surface area contributed by atoms with Crippen molar-refractivity contribution in [1.29, 1.82) is 0 Å². The third-order valence-electron chi connectivity index (χ3n) is 3.36. The molecule has 1 aliphatic heterocycles. The van der Waals surface area contributed by atoms with Gasteiger partial charge in [0, 0.05) is 12.0 Å². The number of hydrogen-bond donors (Lipinski definition) is 1. The predicted octanol–water partition coefficient (Wildman–Crippen LogP) is 1.01. The Bertz CT molecular complexity index is 683. The maximum absolute atomic E-state index is 11.5.